The summed E-state index contributed by atoms with van der Waals surface area (Å²) in [5, 5.41) is 9.84. The van der Waals surface area contributed by atoms with Gasteiger partial charge in [0, 0.05) is 6.20 Å². The van der Waals surface area contributed by atoms with E-state index in [0.29, 0.717) is 6.61 Å². The number of fused-ring (bicyclic) bond motifs is 1. The molecule has 0 radical (unpaired) electrons. The van der Waals surface area contributed by atoms with Crippen LogP contribution in [0.3, 0.4) is 0 Å². The standard InChI is InChI=1S/C12H11NO3S/c14-6-8-5-13-12(17-8)11-7-15-9-3-1-2-4-10(9)16-11/h1-5,11,14H,6-7H2. The van der Waals surface area contributed by atoms with Gasteiger partial charge in [-0.15, -0.1) is 11.3 Å². The fourth-order valence-corrected chi connectivity index (χ4v) is 2.48. The number of aliphatic hydroxyl groups is 1. The molecule has 3 rings (SSSR count). The fourth-order valence-electron chi connectivity index (χ4n) is 1.69. The molecule has 1 N–H and O–H groups in total. The van der Waals surface area contributed by atoms with Crippen molar-refractivity contribution in [2.24, 2.45) is 0 Å². The molecule has 1 unspecified atom stereocenters. The molecule has 0 bridgehead atoms. The Morgan fingerprint density at radius 3 is 2.94 bits per heavy atom. The molecule has 0 aliphatic carbocycles. The van der Waals surface area contributed by atoms with Crippen LogP contribution in [-0.4, -0.2) is 16.7 Å². The molecular weight excluding hydrogens is 238 g/mol. The number of hydrogen-bond acceptors (Lipinski definition) is 5. The van der Waals surface area contributed by atoms with E-state index < -0.39 is 0 Å². The largest absolute Gasteiger partial charge is 0.485 e. The lowest BCUT2D eigenvalue weighted by Gasteiger charge is -2.24. The quantitative estimate of drug-likeness (QED) is 0.886. The van der Waals surface area contributed by atoms with E-state index in [-0.39, 0.29) is 12.7 Å². The summed E-state index contributed by atoms with van der Waals surface area (Å²) in [6.07, 6.45) is 1.49. The average molecular weight is 249 g/mol. The molecule has 1 aromatic heterocycles. The molecule has 0 spiro atoms. The second-order valence-corrected chi connectivity index (χ2v) is 4.83. The summed E-state index contributed by atoms with van der Waals surface area (Å²) < 4.78 is 11.4. The van der Waals surface area contributed by atoms with Crippen molar-refractivity contribution in [3.05, 3.63) is 40.3 Å². The number of ether oxygens (including phenoxy) is 2. The Morgan fingerprint density at radius 2 is 2.18 bits per heavy atom. The summed E-state index contributed by atoms with van der Waals surface area (Å²) in [6.45, 7) is 0.469. The lowest BCUT2D eigenvalue weighted by molar-refractivity contribution is 0.0911. The van der Waals surface area contributed by atoms with E-state index in [2.05, 4.69) is 4.98 Å². The zero-order valence-corrected chi connectivity index (χ0v) is 9.81. The van der Waals surface area contributed by atoms with Gasteiger partial charge in [-0.05, 0) is 12.1 Å². The van der Waals surface area contributed by atoms with Crippen molar-refractivity contribution in [1.82, 2.24) is 4.98 Å². The molecule has 1 aromatic carbocycles. The van der Waals surface area contributed by atoms with Gasteiger partial charge in [0.25, 0.3) is 0 Å². The maximum absolute atomic E-state index is 9.01. The first-order chi connectivity index (χ1) is 8.36. The van der Waals surface area contributed by atoms with E-state index in [0.717, 1.165) is 21.4 Å². The summed E-state index contributed by atoms with van der Waals surface area (Å²) in [6, 6.07) is 7.58. The molecule has 17 heavy (non-hydrogen) atoms. The highest BCUT2D eigenvalue weighted by Crippen LogP contribution is 2.36. The Bertz CT molecular complexity index is 526. The molecule has 0 saturated heterocycles. The monoisotopic (exact) mass is 249 g/mol. The van der Waals surface area contributed by atoms with Crippen LogP contribution in [0.2, 0.25) is 0 Å². The van der Waals surface area contributed by atoms with Crippen molar-refractivity contribution in [2.45, 2.75) is 12.7 Å². The number of rotatable bonds is 2. The van der Waals surface area contributed by atoms with Crippen LogP contribution < -0.4 is 9.47 Å². The van der Waals surface area contributed by atoms with E-state index in [9.17, 15) is 0 Å². The molecule has 4 nitrogen and oxygen atoms in total. The molecule has 1 aliphatic rings. The van der Waals surface area contributed by atoms with Crippen molar-refractivity contribution in [3.63, 3.8) is 0 Å². The fraction of sp³-hybridized carbons (Fsp3) is 0.250. The summed E-state index contributed by atoms with van der Waals surface area (Å²) >= 11 is 1.45. The summed E-state index contributed by atoms with van der Waals surface area (Å²) in [7, 11) is 0. The second kappa shape index (κ2) is 4.35. The molecule has 0 saturated carbocycles. The third-order valence-corrected chi connectivity index (χ3v) is 3.59. The van der Waals surface area contributed by atoms with Gasteiger partial charge in [0.15, 0.2) is 17.6 Å². The topological polar surface area (TPSA) is 51.6 Å². The molecule has 1 aliphatic heterocycles. The third kappa shape index (κ3) is 1.99. The Labute approximate surface area is 102 Å². The smallest absolute Gasteiger partial charge is 0.184 e. The van der Waals surface area contributed by atoms with Crippen molar-refractivity contribution in [3.8, 4) is 11.5 Å². The highest BCUT2D eigenvalue weighted by Gasteiger charge is 2.24. The average Bonchev–Trinajstić information content (AvgIpc) is 2.87. The number of aliphatic hydroxyl groups excluding tert-OH is 1. The first kappa shape index (κ1) is 10.6. The molecule has 2 heterocycles. The number of thiazole rings is 1. The Hall–Kier alpha value is -1.59. The van der Waals surface area contributed by atoms with Gasteiger partial charge in [-0.2, -0.15) is 0 Å². The predicted molar refractivity (Wildman–Crippen MR) is 63.3 cm³/mol. The van der Waals surface area contributed by atoms with Crippen LogP contribution in [0.1, 0.15) is 16.0 Å². The molecule has 5 heteroatoms. The Kier molecular flexibility index (Phi) is 2.70. The zero-order valence-electron chi connectivity index (χ0n) is 9.00. The van der Waals surface area contributed by atoms with Crippen molar-refractivity contribution in [2.75, 3.05) is 6.61 Å². The van der Waals surface area contributed by atoms with Gasteiger partial charge in [0.2, 0.25) is 0 Å². The van der Waals surface area contributed by atoms with E-state index in [4.69, 9.17) is 14.6 Å². The summed E-state index contributed by atoms with van der Waals surface area (Å²) in [4.78, 5) is 5.07. The molecule has 0 amide bonds. The van der Waals surface area contributed by atoms with Crippen LogP contribution in [0.5, 0.6) is 11.5 Å². The zero-order chi connectivity index (χ0) is 11.7. The van der Waals surface area contributed by atoms with Gasteiger partial charge >= 0.3 is 0 Å². The lowest BCUT2D eigenvalue weighted by Crippen LogP contribution is -2.21. The minimum absolute atomic E-state index is 0.0157. The van der Waals surface area contributed by atoms with Gasteiger partial charge in [0.05, 0.1) is 11.5 Å². The minimum Gasteiger partial charge on any atom is -0.485 e. The minimum atomic E-state index is -0.185. The number of benzene rings is 1. The highest BCUT2D eigenvalue weighted by atomic mass is 32.1. The maximum atomic E-state index is 9.01. The van der Waals surface area contributed by atoms with E-state index in [1.165, 1.54) is 11.3 Å². The van der Waals surface area contributed by atoms with Gasteiger partial charge in [0.1, 0.15) is 11.6 Å². The molecule has 0 fully saturated rings. The van der Waals surface area contributed by atoms with Gasteiger partial charge in [-0.1, -0.05) is 12.1 Å². The van der Waals surface area contributed by atoms with Gasteiger partial charge in [-0.25, -0.2) is 4.98 Å². The van der Waals surface area contributed by atoms with Crippen LogP contribution in [0.25, 0.3) is 0 Å². The van der Waals surface area contributed by atoms with Crippen LogP contribution in [-0.2, 0) is 6.61 Å². The molecule has 88 valence electrons. The van der Waals surface area contributed by atoms with Gasteiger partial charge < -0.3 is 14.6 Å². The lowest BCUT2D eigenvalue weighted by atomic mass is 10.2. The molecular formula is C12H11NO3S. The van der Waals surface area contributed by atoms with E-state index in [1.807, 2.05) is 24.3 Å². The Balaban J connectivity index is 1.84. The van der Waals surface area contributed by atoms with Crippen molar-refractivity contribution < 1.29 is 14.6 Å². The number of aromatic nitrogens is 1. The third-order valence-electron chi connectivity index (χ3n) is 2.51. The number of hydrogen-bond donors (Lipinski definition) is 1. The Morgan fingerprint density at radius 1 is 1.35 bits per heavy atom. The van der Waals surface area contributed by atoms with Crippen LogP contribution in [0.15, 0.2) is 30.5 Å². The van der Waals surface area contributed by atoms with Crippen molar-refractivity contribution in [1.29, 1.82) is 0 Å². The number of para-hydroxylation sites is 2. The predicted octanol–water partition coefficient (Wildman–Crippen LogP) is 2.15. The normalized spacial score (nSPS) is 18.1. The first-order valence-corrected chi connectivity index (χ1v) is 6.12. The van der Waals surface area contributed by atoms with Gasteiger partial charge in [-0.3, -0.25) is 0 Å². The highest BCUT2D eigenvalue weighted by molar-refractivity contribution is 7.11. The van der Waals surface area contributed by atoms with E-state index in [1.54, 1.807) is 6.20 Å². The van der Waals surface area contributed by atoms with Crippen LogP contribution in [0.4, 0.5) is 0 Å². The second-order valence-electron chi connectivity index (χ2n) is 3.69. The first-order valence-electron chi connectivity index (χ1n) is 5.31. The van der Waals surface area contributed by atoms with Crippen LogP contribution in [0, 0.1) is 0 Å². The molecule has 2 aromatic rings. The maximum Gasteiger partial charge on any atom is 0.184 e. The summed E-state index contributed by atoms with van der Waals surface area (Å²) in [5.74, 6) is 1.51. The van der Waals surface area contributed by atoms with E-state index >= 15 is 0 Å². The van der Waals surface area contributed by atoms with Crippen molar-refractivity contribution >= 4 is 11.3 Å². The number of nitrogens with zero attached hydrogens (tertiary/aromatic N) is 1. The SMILES string of the molecule is OCc1cnc(C2COc3ccccc3O2)s1. The van der Waals surface area contributed by atoms with Crippen LogP contribution >= 0.6 is 11.3 Å². The molecule has 1 atom stereocenters. The summed E-state index contributed by atoms with van der Waals surface area (Å²) in [5.41, 5.74) is 0.